The average Bonchev–Trinajstić information content (AvgIpc) is 2.09. The van der Waals surface area contributed by atoms with Crippen molar-refractivity contribution in [1.29, 1.82) is 0 Å². The highest BCUT2D eigenvalue weighted by Gasteiger charge is 2.07. The van der Waals surface area contributed by atoms with Gasteiger partial charge < -0.3 is 5.11 Å². The molecule has 0 aliphatic heterocycles. The van der Waals surface area contributed by atoms with E-state index in [1.54, 1.807) is 0 Å². The van der Waals surface area contributed by atoms with Crippen molar-refractivity contribution in [3.8, 4) is 0 Å². The smallest absolute Gasteiger partial charge is 0.307 e. The van der Waals surface area contributed by atoms with Crippen LogP contribution in [0.3, 0.4) is 0 Å². The van der Waals surface area contributed by atoms with Gasteiger partial charge in [-0.2, -0.15) is 0 Å². The van der Waals surface area contributed by atoms with Crippen molar-refractivity contribution in [3.05, 3.63) is 29.6 Å². The van der Waals surface area contributed by atoms with Crippen LogP contribution in [0.4, 0.5) is 4.39 Å². The number of thioether (sulfide) groups is 1. The molecule has 0 aliphatic carbocycles. The summed E-state index contributed by atoms with van der Waals surface area (Å²) in [5.41, 5.74) is 0.672. The molecule has 0 fully saturated rings. The molecule has 2 nitrogen and oxygen atoms in total. The molecule has 4 heteroatoms. The predicted octanol–water partition coefficient (Wildman–Crippen LogP) is 2.56. The van der Waals surface area contributed by atoms with E-state index >= 15 is 0 Å². The lowest BCUT2D eigenvalue weighted by Crippen LogP contribution is -2.01. The van der Waals surface area contributed by atoms with E-state index in [0.29, 0.717) is 5.56 Å². The highest BCUT2D eigenvalue weighted by atomic mass is 32.2. The van der Waals surface area contributed by atoms with E-state index in [4.69, 9.17) is 5.11 Å². The van der Waals surface area contributed by atoms with Crippen LogP contribution >= 0.6 is 11.8 Å². The van der Waals surface area contributed by atoms with Crippen molar-refractivity contribution in [1.82, 2.24) is 0 Å². The van der Waals surface area contributed by atoms with Gasteiger partial charge in [-0.15, -0.1) is 11.8 Å². The average molecular weight is 214 g/mol. The van der Waals surface area contributed by atoms with E-state index < -0.39 is 5.97 Å². The fraction of sp³-hybridized carbons (Fsp3) is 0.300. The quantitative estimate of drug-likeness (QED) is 0.783. The topological polar surface area (TPSA) is 37.3 Å². The standard InChI is InChI=1S/C10H11FO2S/c1-2-14-9-6-8(11)4-3-7(9)5-10(12)13/h3-4,6H,2,5H2,1H3,(H,12,13). The maximum Gasteiger partial charge on any atom is 0.307 e. The Morgan fingerprint density at radius 1 is 1.57 bits per heavy atom. The van der Waals surface area contributed by atoms with Gasteiger partial charge in [0.25, 0.3) is 0 Å². The van der Waals surface area contributed by atoms with Crippen LogP contribution in [0.5, 0.6) is 0 Å². The van der Waals surface area contributed by atoms with E-state index in [0.717, 1.165) is 10.6 Å². The van der Waals surface area contributed by atoms with E-state index in [-0.39, 0.29) is 12.2 Å². The SMILES string of the molecule is CCSc1cc(F)ccc1CC(=O)O. The number of halogens is 1. The van der Waals surface area contributed by atoms with Crippen molar-refractivity contribution in [2.75, 3.05) is 5.75 Å². The van der Waals surface area contributed by atoms with Gasteiger partial charge in [0.2, 0.25) is 0 Å². The van der Waals surface area contributed by atoms with Crippen LogP contribution in [-0.4, -0.2) is 16.8 Å². The minimum absolute atomic E-state index is 0.0530. The molecule has 0 unspecified atom stereocenters. The molecule has 1 aromatic carbocycles. The van der Waals surface area contributed by atoms with E-state index in [1.165, 1.54) is 30.0 Å². The summed E-state index contributed by atoms with van der Waals surface area (Å²) in [5, 5.41) is 8.63. The molecule has 1 aromatic rings. The number of carboxylic acids is 1. The minimum atomic E-state index is -0.894. The highest BCUT2D eigenvalue weighted by molar-refractivity contribution is 7.99. The summed E-state index contributed by atoms with van der Waals surface area (Å²) in [7, 11) is 0. The number of aliphatic carboxylic acids is 1. The molecule has 0 heterocycles. The number of carbonyl (C=O) groups is 1. The molecule has 0 saturated heterocycles. The molecule has 14 heavy (non-hydrogen) atoms. The van der Waals surface area contributed by atoms with Crippen molar-refractivity contribution < 1.29 is 14.3 Å². The molecular weight excluding hydrogens is 203 g/mol. The van der Waals surface area contributed by atoms with Crippen molar-refractivity contribution >= 4 is 17.7 Å². The summed E-state index contributed by atoms with van der Waals surface area (Å²) in [4.78, 5) is 11.2. The van der Waals surface area contributed by atoms with Crippen LogP contribution < -0.4 is 0 Å². The molecule has 0 amide bonds. The first-order valence-corrected chi connectivity index (χ1v) is 5.25. The lowest BCUT2D eigenvalue weighted by atomic mass is 10.1. The first-order chi connectivity index (χ1) is 6.63. The molecule has 1 rings (SSSR count). The Labute approximate surface area is 86.1 Å². The first kappa shape index (κ1) is 11.0. The molecule has 0 radical (unpaired) electrons. The van der Waals surface area contributed by atoms with Crippen LogP contribution in [0.2, 0.25) is 0 Å². The maximum atomic E-state index is 12.8. The summed E-state index contributed by atoms with van der Waals surface area (Å²) < 4.78 is 12.8. The van der Waals surface area contributed by atoms with Crippen LogP contribution in [0.25, 0.3) is 0 Å². The Bertz CT molecular complexity index is 339. The molecule has 0 saturated carbocycles. The van der Waals surface area contributed by atoms with Crippen molar-refractivity contribution in [3.63, 3.8) is 0 Å². The summed E-state index contributed by atoms with van der Waals surface area (Å²) in [6.45, 7) is 1.94. The fourth-order valence-electron chi connectivity index (χ4n) is 1.13. The number of hydrogen-bond donors (Lipinski definition) is 1. The normalized spacial score (nSPS) is 10.1. The third-order valence-corrected chi connectivity index (χ3v) is 2.65. The number of benzene rings is 1. The van der Waals surface area contributed by atoms with Crippen LogP contribution in [0.1, 0.15) is 12.5 Å². The van der Waals surface area contributed by atoms with Gasteiger partial charge >= 0.3 is 5.97 Å². The number of hydrogen-bond acceptors (Lipinski definition) is 2. The molecule has 1 N–H and O–H groups in total. The van der Waals surface area contributed by atoms with E-state index in [9.17, 15) is 9.18 Å². The highest BCUT2D eigenvalue weighted by Crippen LogP contribution is 2.23. The monoisotopic (exact) mass is 214 g/mol. The molecule has 0 spiro atoms. The lowest BCUT2D eigenvalue weighted by Gasteiger charge is -2.05. The Kier molecular flexibility index (Phi) is 3.95. The second kappa shape index (κ2) is 5.00. The van der Waals surface area contributed by atoms with Gasteiger partial charge in [0, 0.05) is 4.90 Å². The predicted molar refractivity (Wildman–Crippen MR) is 54.1 cm³/mol. The lowest BCUT2D eigenvalue weighted by molar-refractivity contribution is -0.136. The van der Waals surface area contributed by atoms with Gasteiger partial charge in [-0.1, -0.05) is 13.0 Å². The van der Waals surface area contributed by atoms with Crippen molar-refractivity contribution in [2.45, 2.75) is 18.2 Å². The minimum Gasteiger partial charge on any atom is -0.481 e. The zero-order chi connectivity index (χ0) is 10.6. The Morgan fingerprint density at radius 3 is 2.86 bits per heavy atom. The van der Waals surface area contributed by atoms with Crippen LogP contribution in [-0.2, 0) is 11.2 Å². The maximum absolute atomic E-state index is 12.8. The largest absolute Gasteiger partial charge is 0.481 e. The Balaban J connectivity index is 2.95. The number of carboxylic acid groups (broad SMARTS) is 1. The molecule has 0 bridgehead atoms. The van der Waals surface area contributed by atoms with Gasteiger partial charge in [0.1, 0.15) is 5.82 Å². The van der Waals surface area contributed by atoms with Gasteiger partial charge in [-0.3, -0.25) is 4.79 Å². The van der Waals surface area contributed by atoms with Crippen LogP contribution in [0, 0.1) is 5.82 Å². The van der Waals surface area contributed by atoms with Gasteiger partial charge in [-0.05, 0) is 23.4 Å². The van der Waals surface area contributed by atoms with E-state index in [2.05, 4.69) is 0 Å². The Morgan fingerprint density at radius 2 is 2.29 bits per heavy atom. The number of rotatable bonds is 4. The summed E-state index contributed by atoms with van der Waals surface area (Å²) in [6.07, 6.45) is -0.0530. The molecule has 0 aliphatic rings. The summed E-state index contributed by atoms with van der Waals surface area (Å²) >= 11 is 1.45. The van der Waals surface area contributed by atoms with E-state index in [1.807, 2.05) is 6.92 Å². The molecular formula is C10H11FO2S. The molecule has 0 aromatic heterocycles. The molecule has 76 valence electrons. The molecule has 0 atom stereocenters. The van der Waals surface area contributed by atoms with Crippen LogP contribution in [0.15, 0.2) is 23.1 Å². The zero-order valence-corrected chi connectivity index (χ0v) is 8.60. The van der Waals surface area contributed by atoms with Gasteiger partial charge in [0.05, 0.1) is 6.42 Å². The van der Waals surface area contributed by atoms with Crippen molar-refractivity contribution in [2.24, 2.45) is 0 Å². The third kappa shape index (κ3) is 3.03. The zero-order valence-electron chi connectivity index (χ0n) is 7.79. The van der Waals surface area contributed by atoms with Gasteiger partial charge in [-0.25, -0.2) is 4.39 Å². The summed E-state index contributed by atoms with van der Waals surface area (Å²) in [6, 6.07) is 4.20. The van der Waals surface area contributed by atoms with Gasteiger partial charge in [0.15, 0.2) is 0 Å². The second-order valence-electron chi connectivity index (χ2n) is 2.76. The first-order valence-electron chi connectivity index (χ1n) is 4.26. The Hall–Kier alpha value is -1.03. The third-order valence-electron chi connectivity index (χ3n) is 1.67. The summed E-state index contributed by atoms with van der Waals surface area (Å²) in [5.74, 6) is -0.416. The fourth-order valence-corrected chi connectivity index (χ4v) is 1.96. The second-order valence-corrected chi connectivity index (χ2v) is 4.06.